The second-order valence-electron chi connectivity index (χ2n) is 5.22. The minimum Gasteiger partial charge on any atom is -0.379 e. The van der Waals surface area contributed by atoms with Gasteiger partial charge in [0.25, 0.3) is 0 Å². The predicted octanol–water partition coefficient (Wildman–Crippen LogP) is 2.57. The summed E-state index contributed by atoms with van der Waals surface area (Å²) >= 11 is 1.42. The van der Waals surface area contributed by atoms with Crippen LogP contribution in [0, 0.1) is 16.0 Å². The fraction of sp³-hybridized carbons (Fsp3) is 0.462. The molecule has 7 heteroatoms. The zero-order valence-electron chi connectivity index (χ0n) is 11.2. The van der Waals surface area contributed by atoms with Gasteiger partial charge in [0, 0.05) is 13.1 Å². The average molecular weight is 292 g/mol. The normalized spacial score (nSPS) is 19.6. The number of hydrogen-bond acceptors (Lipinski definition) is 6. The van der Waals surface area contributed by atoms with Crippen LogP contribution in [-0.4, -0.2) is 41.5 Å². The number of likely N-dealkylation sites (tertiary alicyclic amines) is 1. The van der Waals surface area contributed by atoms with Crippen LogP contribution in [0.2, 0.25) is 0 Å². The number of hydrogen-bond donors (Lipinski definition) is 1. The molecule has 6 nitrogen and oxygen atoms in total. The summed E-state index contributed by atoms with van der Waals surface area (Å²) in [7, 11) is 2.10. The van der Waals surface area contributed by atoms with Crippen molar-refractivity contribution in [3.63, 3.8) is 0 Å². The van der Waals surface area contributed by atoms with Crippen molar-refractivity contribution >= 4 is 32.9 Å². The lowest BCUT2D eigenvalue weighted by atomic mass is 10.1. The molecule has 2 aromatic rings. The first kappa shape index (κ1) is 13.3. The SMILES string of the molecule is CN1CCC(CNc2ccc3scnc3c2[N+](=O)[O-])C1. The van der Waals surface area contributed by atoms with Crippen molar-refractivity contribution in [1.29, 1.82) is 0 Å². The molecule has 20 heavy (non-hydrogen) atoms. The molecule has 0 saturated carbocycles. The number of rotatable bonds is 4. The Morgan fingerprint density at radius 2 is 2.45 bits per heavy atom. The fourth-order valence-corrected chi connectivity index (χ4v) is 3.37. The highest BCUT2D eigenvalue weighted by atomic mass is 32.1. The molecular weight excluding hydrogens is 276 g/mol. The fourth-order valence-electron chi connectivity index (χ4n) is 2.69. The molecule has 1 aromatic heterocycles. The van der Waals surface area contributed by atoms with Crippen molar-refractivity contribution in [3.05, 3.63) is 27.8 Å². The molecule has 0 aliphatic carbocycles. The van der Waals surface area contributed by atoms with Crippen LogP contribution < -0.4 is 5.32 Å². The van der Waals surface area contributed by atoms with E-state index in [9.17, 15) is 10.1 Å². The number of anilines is 1. The Morgan fingerprint density at radius 3 is 3.15 bits per heavy atom. The van der Waals surface area contributed by atoms with Gasteiger partial charge in [-0.15, -0.1) is 11.3 Å². The average Bonchev–Trinajstić information content (AvgIpc) is 3.03. The smallest absolute Gasteiger partial charge is 0.319 e. The van der Waals surface area contributed by atoms with Crippen LogP contribution in [0.15, 0.2) is 17.6 Å². The molecule has 1 N–H and O–H groups in total. The second-order valence-corrected chi connectivity index (χ2v) is 6.10. The largest absolute Gasteiger partial charge is 0.379 e. The van der Waals surface area contributed by atoms with Gasteiger partial charge in [0.1, 0.15) is 5.69 Å². The van der Waals surface area contributed by atoms with Crippen molar-refractivity contribution in [2.75, 3.05) is 32.0 Å². The van der Waals surface area contributed by atoms with Gasteiger partial charge in [-0.25, -0.2) is 4.98 Å². The van der Waals surface area contributed by atoms with Crippen molar-refractivity contribution in [2.45, 2.75) is 6.42 Å². The molecule has 1 fully saturated rings. The van der Waals surface area contributed by atoms with Gasteiger partial charge in [0.15, 0.2) is 5.52 Å². The molecule has 0 amide bonds. The molecule has 1 aliphatic rings. The molecule has 1 atom stereocenters. The first-order valence-electron chi connectivity index (χ1n) is 6.58. The summed E-state index contributed by atoms with van der Waals surface area (Å²) in [6.45, 7) is 2.90. The van der Waals surface area contributed by atoms with E-state index in [1.54, 1.807) is 11.6 Å². The number of aromatic nitrogens is 1. The number of nitrogens with one attached hydrogen (secondary N) is 1. The maximum atomic E-state index is 11.3. The number of nitro groups is 1. The first-order chi connectivity index (χ1) is 9.65. The van der Waals surface area contributed by atoms with Gasteiger partial charge < -0.3 is 10.2 Å². The molecule has 1 aromatic carbocycles. The first-order valence-corrected chi connectivity index (χ1v) is 7.46. The van der Waals surface area contributed by atoms with Gasteiger partial charge in [0.05, 0.1) is 15.1 Å². The number of nitro benzene ring substituents is 1. The van der Waals surface area contributed by atoms with E-state index in [0.717, 1.165) is 30.8 Å². The standard InChI is InChI=1S/C13H16N4O2S/c1-16-5-4-9(7-16)6-14-10-2-3-11-12(15-8-20-11)13(10)17(18)19/h2-3,8-9,14H,4-7H2,1H3. The minimum absolute atomic E-state index is 0.0927. The van der Waals surface area contributed by atoms with Crippen molar-refractivity contribution in [2.24, 2.45) is 5.92 Å². The molecule has 106 valence electrons. The molecule has 0 spiro atoms. The lowest BCUT2D eigenvalue weighted by Crippen LogP contribution is -2.19. The Morgan fingerprint density at radius 1 is 1.60 bits per heavy atom. The minimum atomic E-state index is -0.342. The summed E-state index contributed by atoms with van der Waals surface area (Å²) in [5, 5.41) is 14.5. The highest BCUT2D eigenvalue weighted by Gasteiger charge is 2.23. The summed E-state index contributed by atoms with van der Waals surface area (Å²) < 4.78 is 0.850. The highest BCUT2D eigenvalue weighted by Crippen LogP contribution is 2.34. The van der Waals surface area contributed by atoms with Gasteiger partial charge in [0.2, 0.25) is 0 Å². The molecule has 1 aliphatic heterocycles. The van der Waals surface area contributed by atoms with Gasteiger partial charge in [-0.05, 0) is 38.1 Å². The van der Waals surface area contributed by atoms with Crippen LogP contribution in [-0.2, 0) is 0 Å². The lowest BCUT2D eigenvalue weighted by Gasteiger charge is -2.12. The third-order valence-electron chi connectivity index (χ3n) is 3.73. The zero-order valence-corrected chi connectivity index (χ0v) is 12.0. The predicted molar refractivity (Wildman–Crippen MR) is 80.4 cm³/mol. The molecule has 0 radical (unpaired) electrons. The van der Waals surface area contributed by atoms with Gasteiger partial charge >= 0.3 is 5.69 Å². The van der Waals surface area contributed by atoms with Crippen molar-refractivity contribution in [1.82, 2.24) is 9.88 Å². The Labute approximate surface area is 120 Å². The summed E-state index contributed by atoms with van der Waals surface area (Å²) in [6.07, 6.45) is 1.14. The van der Waals surface area contributed by atoms with Crippen LogP contribution in [0.5, 0.6) is 0 Å². The summed E-state index contributed by atoms with van der Waals surface area (Å²) in [4.78, 5) is 17.4. The molecule has 1 saturated heterocycles. The van der Waals surface area contributed by atoms with Crippen LogP contribution in [0.4, 0.5) is 11.4 Å². The maximum Gasteiger partial charge on any atom is 0.319 e. The Kier molecular flexibility index (Phi) is 3.54. The molecule has 2 heterocycles. The lowest BCUT2D eigenvalue weighted by molar-refractivity contribution is -0.382. The zero-order chi connectivity index (χ0) is 14.1. The van der Waals surface area contributed by atoms with E-state index in [2.05, 4.69) is 22.2 Å². The van der Waals surface area contributed by atoms with Gasteiger partial charge in [-0.1, -0.05) is 0 Å². The van der Waals surface area contributed by atoms with Crippen LogP contribution >= 0.6 is 11.3 Å². The summed E-state index contributed by atoms with van der Waals surface area (Å²) in [5.41, 5.74) is 2.79. The van der Waals surface area contributed by atoms with E-state index in [1.165, 1.54) is 11.3 Å². The van der Waals surface area contributed by atoms with Gasteiger partial charge in [-0.2, -0.15) is 0 Å². The maximum absolute atomic E-state index is 11.3. The highest BCUT2D eigenvalue weighted by molar-refractivity contribution is 7.16. The third kappa shape index (κ3) is 2.46. The van der Waals surface area contributed by atoms with E-state index in [0.29, 0.717) is 17.1 Å². The van der Waals surface area contributed by atoms with E-state index < -0.39 is 0 Å². The summed E-state index contributed by atoms with van der Waals surface area (Å²) in [6, 6.07) is 3.68. The van der Waals surface area contributed by atoms with Gasteiger partial charge in [-0.3, -0.25) is 10.1 Å². The second kappa shape index (κ2) is 5.34. The summed E-state index contributed by atoms with van der Waals surface area (Å²) in [5.74, 6) is 0.547. The van der Waals surface area contributed by atoms with Crippen LogP contribution in [0.1, 0.15) is 6.42 Å². The van der Waals surface area contributed by atoms with E-state index in [1.807, 2.05) is 6.07 Å². The Balaban J connectivity index is 1.83. The topological polar surface area (TPSA) is 71.3 Å². The van der Waals surface area contributed by atoms with E-state index in [4.69, 9.17) is 0 Å². The monoisotopic (exact) mass is 292 g/mol. The molecule has 0 bridgehead atoms. The number of thiazole rings is 1. The molecule has 1 unspecified atom stereocenters. The molecular formula is C13H16N4O2S. The quantitative estimate of drug-likeness (QED) is 0.692. The Bertz CT molecular complexity index is 642. The Hall–Kier alpha value is -1.73. The number of benzene rings is 1. The van der Waals surface area contributed by atoms with E-state index >= 15 is 0 Å². The van der Waals surface area contributed by atoms with Crippen molar-refractivity contribution < 1.29 is 4.92 Å². The third-order valence-corrected chi connectivity index (χ3v) is 4.52. The van der Waals surface area contributed by atoms with Crippen molar-refractivity contribution in [3.8, 4) is 0 Å². The van der Waals surface area contributed by atoms with E-state index in [-0.39, 0.29) is 10.6 Å². The molecule has 3 rings (SSSR count). The number of nitrogens with zero attached hydrogens (tertiary/aromatic N) is 3. The van der Waals surface area contributed by atoms with Crippen LogP contribution in [0.3, 0.4) is 0 Å². The number of fused-ring (bicyclic) bond motifs is 1. The van der Waals surface area contributed by atoms with Crippen LogP contribution in [0.25, 0.3) is 10.2 Å².